The van der Waals surface area contributed by atoms with Crippen LogP contribution in [0.4, 0.5) is 0 Å². The third-order valence-corrected chi connectivity index (χ3v) is 6.42. The largest absolute Gasteiger partial charge is 0.355 e. The van der Waals surface area contributed by atoms with Gasteiger partial charge in [0.25, 0.3) is 0 Å². The molecule has 2 unspecified atom stereocenters. The zero-order valence-corrected chi connectivity index (χ0v) is 17.7. The van der Waals surface area contributed by atoms with Crippen molar-refractivity contribution in [2.45, 2.75) is 39.5 Å². The van der Waals surface area contributed by atoms with Crippen LogP contribution in [0.2, 0.25) is 0 Å². The van der Waals surface area contributed by atoms with E-state index in [-0.39, 0.29) is 5.57 Å². The predicted octanol–water partition coefficient (Wildman–Crippen LogP) is 2.33. The van der Waals surface area contributed by atoms with Crippen molar-refractivity contribution < 1.29 is 0 Å². The Morgan fingerprint density at radius 1 is 0.821 bits per heavy atom. The molecule has 3 fully saturated rings. The highest BCUT2D eigenvalue weighted by atomic mass is 15.4. The van der Waals surface area contributed by atoms with Crippen molar-refractivity contribution in [3.63, 3.8) is 0 Å². The van der Waals surface area contributed by atoms with Crippen molar-refractivity contribution >= 4 is 0 Å². The van der Waals surface area contributed by atoms with Gasteiger partial charge in [0.15, 0.2) is 5.57 Å². The second-order valence-corrected chi connectivity index (χ2v) is 9.00. The molecule has 6 heteroatoms. The molecule has 0 aromatic heterocycles. The summed E-state index contributed by atoms with van der Waals surface area (Å²) < 4.78 is 0. The summed E-state index contributed by atoms with van der Waals surface area (Å²) in [4.78, 5) is 9.65. The van der Waals surface area contributed by atoms with E-state index in [1.807, 2.05) is 0 Å². The van der Waals surface area contributed by atoms with Crippen molar-refractivity contribution in [2.24, 2.45) is 11.8 Å². The van der Waals surface area contributed by atoms with Crippen LogP contribution in [0.1, 0.15) is 39.5 Å². The summed E-state index contributed by atoms with van der Waals surface area (Å²) >= 11 is 0. The molecule has 3 heterocycles. The van der Waals surface area contributed by atoms with E-state index in [0.717, 1.165) is 63.3 Å². The minimum Gasteiger partial charge on any atom is -0.355 e. The van der Waals surface area contributed by atoms with Crippen LogP contribution in [0, 0.1) is 34.5 Å². The number of hydrogen-bond donors (Lipinski definition) is 0. The van der Waals surface area contributed by atoms with Gasteiger partial charge in [0.05, 0.1) is 0 Å². The SMILES string of the molecule is CC1CC(C)CN(CCN2CCN(CCCN3CCCC3)C2=C(C#N)C#N)C1. The average molecular weight is 385 g/mol. The maximum atomic E-state index is 9.50. The van der Waals surface area contributed by atoms with Crippen molar-refractivity contribution in [1.29, 1.82) is 10.5 Å². The molecule has 0 saturated carbocycles. The van der Waals surface area contributed by atoms with Gasteiger partial charge in [0.1, 0.15) is 18.0 Å². The van der Waals surface area contributed by atoms with E-state index in [9.17, 15) is 10.5 Å². The second-order valence-electron chi connectivity index (χ2n) is 9.00. The molecule has 0 amide bonds. The van der Waals surface area contributed by atoms with E-state index in [2.05, 4.69) is 45.6 Å². The van der Waals surface area contributed by atoms with Gasteiger partial charge in [-0.2, -0.15) is 10.5 Å². The third kappa shape index (κ3) is 5.40. The Balaban J connectivity index is 1.57. The summed E-state index contributed by atoms with van der Waals surface area (Å²) in [6, 6.07) is 4.30. The van der Waals surface area contributed by atoms with Crippen molar-refractivity contribution in [2.75, 3.05) is 65.4 Å². The van der Waals surface area contributed by atoms with Crippen LogP contribution in [0.5, 0.6) is 0 Å². The maximum absolute atomic E-state index is 9.50. The van der Waals surface area contributed by atoms with Crippen LogP contribution in [0.3, 0.4) is 0 Å². The van der Waals surface area contributed by atoms with E-state index in [1.165, 1.54) is 45.4 Å². The number of likely N-dealkylation sites (tertiary alicyclic amines) is 2. The molecule has 154 valence electrons. The lowest BCUT2D eigenvalue weighted by molar-refractivity contribution is 0.130. The normalized spacial score (nSPS) is 26.5. The molecule has 0 N–H and O–H groups in total. The molecule has 2 atom stereocenters. The van der Waals surface area contributed by atoms with Crippen molar-refractivity contribution in [3.8, 4) is 12.1 Å². The third-order valence-electron chi connectivity index (χ3n) is 6.42. The Morgan fingerprint density at radius 2 is 1.43 bits per heavy atom. The molecule has 3 aliphatic rings. The fraction of sp³-hybridized carbons (Fsp3) is 0.818. The average Bonchev–Trinajstić information content (AvgIpc) is 3.31. The first kappa shape index (κ1) is 21.0. The van der Waals surface area contributed by atoms with E-state index in [4.69, 9.17) is 0 Å². The molecule has 28 heavy (non-hydrogen) atoms. The highest BCUT2D eigenvalue weighted by Gasteiger charge is 2.29. The Morgan fingerprint density at radius 3 is 2.04 bits per heavy atom. The monoisotopic (exact) mass is 384 g/mol. The van der Waals surface area contributed by atoms with Crippen LogP contribution in [0.15, 0.2) is 11.4 Å². The first-order valence-electron chi connectivity index (χ1n) is 11.1. The van der Waals surface area contributed by atoms with Crippen LogP contribution >= 0.6 is 0 Å². The summed E-state index contributed by atoms with van der Waals surface area (Å²) in [5.74, 6) is 2.39. The fourth-order valence-electron chi connectivity index (χ4n) is 5.26. The Bertz CT molecular complexity index is 598. The number of nitrogens with zero attached hydrogens (tertiary/aromatic N) is 6. The van der Waals surface area contributed by atoms with Gasteiger partial charge in [-0.05, 0) is 57.2 Å². The van der Waals surface area contributed by atoms with Gasteiger partial charge < -0.3 is 19.6 Å². The molecule has 0 spiro atoms. The van der Waals surface area contributed by atoms with Crippen molar-refractivity contribution in [3.05, 3.63) is 11.4 Å². The van der Waals surface area contributed by atoms with Gasteiger partial charge in [-0.1, -0.05) is 13.8 Å². The Hall–Kier alpha value is -1.76. The first-order valence-corrected chi connectivity index (χ1v) is 11.1. The number of hydrogen-bond acceptors (Lipinski definition) is 6. The van der Waals surface area contributed by atoms with E-state index < -0.39 is 0 Å². The lowest BCUT2D eigenvalue weighted by atomic mass is 9.92. The smallest absolute Gasteiger partial charge is 0.169 e. The second kappa shape index (κ2) is 10.1. The molecule has 3 rings (SSSR count). The number of allylic oxidation sites excluding steroid dienone is 1. The van der Waals surface area contributed by atoms with Gasteiger partial charge >= 0.3 is 0 Å². The van der Waals surface area contributed by atoms with Gasteiger partial charge in [0, 0.05) is 45.8 Å². The lowest BCUT2D eigenvalue weighted by Gasteiger charge is -2.36. The predicted molar refractivity (Wildman–Crippen MR) is 111 cm³/mol. The number of nitriles is 2. The quantitative estimate of drug-likeness (QED) is 0.628. The summed E-state index contributed by atoms with van der Waals surface area (Å²) in [5, 5.41) is 19.0. The summed E-state index contributed by atoms with van der Waals surface area (Å²) in [6.45, 7) is 15.3. The first-order chi connectivity index (χ1) is 13.6. The molecule has 0 aromatic carbocycles. The van der Waals surface area contributed by atoms with Crippen LogP contribution in [-0.2, 0) is 0 Å². The number of rotatable bonds is 7. The standard InChI is InChI=1S/C22H36N6/c1-19-14-20(2)18-26(17-19)10-11-28-13-12-27(22(28)21(15-23)16-24)9-5-8-25-6-3-4-7-25/h19-20H,3-14,17-18H2,1-2H3. The Labute approximate surface area is 171 Å². The topological polar surface area (TPSA) is 60.5 Å². The van der Waals surface area contributed by atoms with Crippen LogP contribution in [-0.4, -0.2) is 85.0 Å². The van der Waals surface area contributed by atoms with E-state index >= 15 is 0 Å². The van der Waals surface area contributed by atoms with Gasteiger partial charge in [-0.3, -0.25) is 0 Å². The Kier molecular flexibility index (Phi) is 7.59. The summed E-state index contributed by atoms with van der Waals surface area (Å²) in [5.41, 5.74) is 0.277. The molecule has 6 nitrogen and oxygen atoms in total. The van der Waals surface area contributed by atoms with Gasteiger partial charge in [-0.15, -0.1) is 0 Å². The molecule has 3 aliphatic heterocycles. The lowest BCUT2D eigenvalue weighted by Crippen LogP contribution is -2.42. The van der Waals surface area contributed by atoms with Crippen LogP contribution in [0.25, 0.3) is 0 Å². The highest BCUT2D eigenvalue weighted by Crippen LogP contribution is 2.24. The van der Waals surface area contributed by atoms with E-state index in [0.29, 0.717) is 0 Å². The fourth-order valence-corrected chi connectivity index (χ4v) is 5.26. The van der Waals surface area contributed by atoms with E-state index in [1.54, 1.807) is 0 Å². The summed E-state index contributed by atoms with van der Waals surface area (Å²) in [7, 11) is 0. The molecule has 0 aromatic rings. The molecule has 0 aliphatic carbocycles. The minimum absolute atomic E-state index is 0.277. The molecule has 0 radical (unpaired) electrons. The zero-order chi connectivity index (χ0) is 19.9. The van der Waals surface area contributed by atoms with Crippen LogP contribution < -0.4 is 0 Å². The highest BCUT2D eigenvalue weighted by molar-refractivity contribution is 5.40. The zero-order valence-electron chi connectivity index (χ0n) is 17.7. The number of piperidine rings is 1. The van der Waals surface area contributed by atoms with Gasteiger partial charge in [-0.25, -0.2) is 0 Å². The molecule has 3 saturated heterocycles. The maximum Gasteiger partial charge on any atom is 0.169 e. The molecule has 0 bridgehead atoms. The summed E-state index contributed by atoms with van der Waals surface area (Å²) in [6.07, 6.45) is 5.07. The molecular weight excluding hydrogens is 348 g/mol. The van der Waals surface area contributed by atoms with Gasteiger partial charge in [0.2, 0.25) is 0 Å². The minimum atomic E-state index is 0.277. The van der Waals surface area contributed by atoms with Crippen molar-refractivity contribution in [1.82, 2.24) is 19.6 Å². The molecular formula is C22H36N6.